The number of pyridine rings is 2. The van der Waals surface area contributed by atoms with Gasteiger partial charge in [0.1, 0.15) is 18.0 Å². The van der Waals surface area contributed by atoms with Crippen LogP contribution in [0.25, 0.3) is 22.2 Å². The number of carbonyl (C=O) groups is 1. The average molecular weight is 465 g/mol. The van der Waals surface area contributed by atoms with Crippen molar-refractivity contribution in [1.82, 2.24) is 25.3 Å². The van der Waals surface area contributed by atoms with E-state index in [0.29, 0.717) is 17.9 Å². The number of aryl methyl sites for hydroxylation is 1. The second kappa shape index (κ2) is 10.4. The standard InChI is InChI=1S/C24H23FN6O.H2S/c1-14(12-29-21-11-20(30-13-31-21)16-6-8-27-15(2)10-16)17-4-5-19(25)22-18(24(32)26-3)7-9-28-23(17)22;/h4-11,13-14H,12H2,1-3H3,(H,26,32)(H,29,30,31);1H2/t14-;/m1./s1. The zero-order valence-corrected chi connectivity index (χ0v) is 19.6. The second-order valence-electron chi connectivity index (χ2n) is 7.55. The maximum Gasteiger partial charge on any atom is 0.251 e. The van der Waals surface area contributed by atoms with E-state index in [1.54, 1.807) is 12.3 Å². The van der Waals surface area contributed by atoms with Crippen LogP contribution in [0, 0.1) is 12.7 Å². The minimum Gasteiger partial charge on any atom is -0.369 e. The molecule has 2 N–H and O–H groups in total. The predicted octanol–water partition coefficient (Wildman–Crippen LogP) is 4.22. The Balaban J connectivity index is 0.00000306. The number of hydrogen-bond donors (Lipinski definition) is 2. The van der Waals surface area contributed by atoms with Gasteiger partial charge in [0.25, 0.3) is 5.91 Å². The molecular weight excluding hydrogens is 439 g/mol. The highest BCUT2D eigenvalue weighted by atomic mass is 32.1. The minimum atomic E-state index is -0.469. The van der Waals surface area contributed by atoms with E-state index in [-0.39, 0.29) is 36.3 Å². The molecule has 0 radical (unpaired) electrons. The summed E-state index contributed by atoms with van der Waals surface area (Å²) in [4.78, 5) is 29.5. The number of halogens is 1. The molecule has 0 saturated heterocycles. The Labute approximate surface area is 198 Å². The fraction of sp³-hybridized carbons (Fsp3) is 0.208. The summed E-state index contributed by atoms with van der Waals surface area (Å²) >= 11 is 0. The van der Waals surface area contributed by atoms with E-state index in [4.69, 9.17) is 0 Å². The molecule has 170 valence electrons. The Bertz CT molecular complexity index is 1300. The lowest BCUT2D eigenvalue weighted by Gasteiger charge is -2.17. The molecule has 0 aliphatic carbocycles. The number of anilines is 1. The molecule has 0 spiro atoms. The Kier molecular flexibility index (Phi) is 7.55. The van der Waals surface area contributed by atoms with Crippen LogP contribution in [0.15, 0.2) is 55.1 Å². The van der Waals surface area contributed by atoms with Crippen molar-refractivity contribution in [2.45, 2.75) is 19.8 Å². The maximum atomic E-state index is 14.6. The second-order valence-corrected chi connectivity index (χ2v) is 7.55. The van der Waals surface area contributed by atoms with E-state index < -0.39 is 5.82 Å². The molecular formula is C24H25FN6OS. The van der Waals surface area contributed by atoms with Crippen LogP contribution in [-0.4, -0.2) is 39.4 Å². The van der Waals surface area contributed by atoms with E-state index in [2.05, 4.69) is 30.6 Å². The minimum absolute atomic E-state index is 0. The fourth-order valence-electron chi connectivity index (χ4n) is 3.65. The van der Waals surface area contributed by atoms with Crippen molar-refractivity contribution in [1.29, 1.82) is 0 Å². The van der Waals surface area contributed by atoms with Crippen LogP contribution in [-0.2, 0) is 0 Å². The highest BCUT2D eigenvalue weighted by Gasteiger charge is 2.18. The molecule has 9 heteroatoms. The summed E-state index contributed by atoms with van der Waals surface area (Å²) in [6.07, 6.45) is 4.80. The van der Waals surface area contributed by atoms with Gasteiger partial charge in [-0.2, -0.15) is 13.5 Å². The predicted molar refractivity (Wildman–Crippen MR) is 132 cm³/mol. The molecule has 4 aromatic rings. The summed E-state index contributed by atoms with van der Waals surface area (Å²) < 4.78 is 14.6. The van der Waals surface area contributed by atoms with Crippen LogP contribution >= 0.6 is 13.5 Å². The first-order valence-electron chi connectivity index (χ1n) is 10.3. The summed E-state index contributed by atoms with van der Waals surface area (Å²) in [6.45, 7) is 4.49. The number of nitrogens with one attached hydrogen (secondary N) is 2. The van der Waals surface area contributed by atoms with Crippen LogP contribution in [0.2, 0.25) is 0 Å². The Morgan fingerprint density at radius 3 is 2.61 bits per heavy atom. The van der Waals surface area contributed by atoms with Gasteiger partial charge < -0.3 is 10.6 Å². The van der Waals surface area contributed by atoms with Gasteiger partial charge in [-0.1, -0.05) is 13.0 Å². The van der Waals surface area contributed by atoms with E-state index in [9.17, 15) is 9.18 Å². The quantitative estimate of drug-likeness (QED) is 0.444. The van der Waals surface area contributed by atoms with E-state index >= 15 is 0 Å². The molecule has 3 aromatic heterocycles. The smallest absolute Gasteiger partial charge is 0.251 e. The van der Waals surface area contributed by atoms with Crippen LogP contribution in [0.5, 0.6) is 0 Å². The van der Waals surface area contributed by atoms with Gasteiger partial charge in [0, 0.05) is 54.6 Å². The van der Waals surface area contributed by atoms with Gasteiger partial charge in [-0.05, 0) is 36.8 Å². The fourth-order valence-corrected chi connectivity index (χ4v) is 3.65. The largest absolute Gasteiger partial charge is 0.369 e. The van der Waals surface area contributed by atoms with Crippen LogP contribution in [0.3, 0.4) is 0 Å². The Morgan fingerprint density at radius 1 is 1.06 bits per heavy atom. The van der Waals surface area contributed by atoms with Gasteiger partial charge >= 0.3 is 0 Å². The lowest BCUT2D eigenvalue weighted by Crippen LogP contribution is -2.19. The van der Waals surface area contributed by atoms with E-state index in [0.717, 1.165) is 22.5 Å². The van der Waals surface area contributed by atoms with Gasteiger partial charge in [-0.15, -0.1) is 0 Å². The van der Waals surface area contributed by atoms with Crippen LogP contribution in [0.4, 0.5) is 10.2 Å². The van der Waals surface area contributed by atoms with Gasteiger partial charge in [0.05, 0.1) is 16.8 Å². The molecule has 3 heterocycles. The first kappa shape index (κ1) is 24.1. The number of amides is 1. The summed E-state index contributed by atoms with van der Waals surface area (Å²) in [5.74, 6) is -0.156. The van der Waals surface area contributed by atoms with Crippen molar-refractivity contribution in [3.05, 3.63) is 77.8 Å². The van der Waals surface area contributed by atoms with Crippen molar-refractivity contribution in [2.75, 3.05) is 18.9 Å². The molecule has 4 rings (SSSR count). The lowest BCUT2D eigenvalue weighted by atomic mass is 9.95. The van der Waals surface area contributed by atoms with Crippen LogP contribution < -0.4 is 10.6 Å². The first-order valence-corrected chi connectivity index (χ1v) is 10.3. The number of rotatable bonds is 6. The highest BCUT2D eigenvalue weighted by Crippen LogP contribution is 2.29. The first-order chi connectivity index (χ1) is 15.5. The van der Waals surface area contributed by atoms with Crippen molar-refractivity contribution < 1.29 is 9.18 Å². The monoisotopic (exact) mass is 464 g/mol. The summed E-state index contributed by atoms with van der Waals surface area (Å²) in [7, 11) is 1.52. The molecule has 0 unspecified atom stereocenters. The molecule has 0 bridgehead atoms. The SMILES string of the molecule is CNC(=O)c1ccnc2c([C@H](C)CNc3cc(-c4ccnc(C)c4)ncn3)ccc(F)c12.S. The molecule has 1 atom stereocenters. The number of benzene rings is 1. The third-order valence-electron chi connectivity index (χ3n) is 5.32. The molecule has 0 aliphatic rings. The molecule has 0 aliphatic heterocycles. The molecule has 33 heavy (non-hydrogen) atoms. The molecule has 1 amide bonds. The zero-order valence-electron chi connectivity index (χ0n) is 18.6. The summed E-state index contributed by atoms with van der Waals surface area (Å²) in [6, 6.07) is 10.4. The van der Waals surface area contributed by atoms with Crippen molar-refractivity contribution in [2.24, 2.45) is 0 Å². The normalized spacial score (nSPS) is 11.5. The van der Waals surface area contributed by atoms with Crippen molar-refractivity contribution >= 4 is 36.1 Å². The maximum absolute atomic E-state index is 14.6. The van der Waals surface area contributed by atoms with Crippen LogP contribution in [0.1, 0.15) is 34.5 Å². The number of carbonyl (C=O) groups excluding carboxylic acids is 1. The van der Waals surface area contributed by atoms with Gasteiger partial charge in [0.2, 0.25) is 0 Å². The van der Waals surface area contributed by atoms with E-state index in [1.807, 2.05) is 32.0 Å². The average Bonchev–Trinajstić information content (AvgIpc) is 2.82. The third-order valence-corrected chi connectivity index (χ3v) is 5.32. The topological polar surface area (TPSA) is 92.7 Å². The number of aromatic nitrogens is 4. The van der Waals surface area contributed by atoms with Gasteiger partial charge in [-0.3, -0.25) is 14.8 Å². The summed E-state index contributed by atoms with van der Waals surface area (Å²) in [5.41, 5.74) is 4.27. The highest BCUT2D eigenvalue weighted by molar-refractivity contribution is 7.59. The summed E-state index contributed by atoms with van der Waals surface area (Å²) in [5, 5.41) is 6.11. The molecule has 7 nitrogen and oxygen atoms in total. The van der Waals surface area contributed by atoms with Gasteiger partial charge in [0.15, 0.2) is 0 Å². The van der Waals surface area contributed by atoms with E-state index in [1.165, 1.54) is 31.7 Å². The zero-order chi connectivity index (χ0) is 22.7. The Hall–Kier alpha value is -3.59. The molecule has 1 aromatic carbocycles. The number of fused-ring (bicyclic) bond motifs is 1. The molecule has 0 saturated carbocycles. The van der Waals surface area contributed by atoms with Crippen molar-refractivity contribution in [3.63, 3.8) is 0 Å². The molecule has 0 fully saturated rings. The Morgan fingerprint density at radius 2 is 1.85 bits per heavy atom. The number of hydrogen-bond acceptors (Lipinski definition) is 6. The van der Waals surface area contributed by atoms with Crippen molar-refractivity contribution in [3.8, 4) is 11.3 Å². The number of nitrogens with zero attached hydrogens (tertiary/aromatic N) is 4. The third kappa shape index (κ3) is 5.09. The van der Waals surface area contributed by atoms with Gasteiger partial charge in [-0.25, -0.2) is 14.4 Å². The lowest BCUT2D eigenvalue weighted by molar-refractivity contribution is 0.0964.